The first-order valence-corrected chi connectivity index (χ1v) is 5.66. The predicted molar refractivity (Wildman–Crippen MR) is 63.6 cm³/mol. The molecule has 2 unspecified atom stereocenters. The van der Waals surface area contributed by atoms with Gasteiger partial charge in [0.1, 0.15) is 5.54 Å². The number of aliphatic carboxylic acids is 1. The number of hydrogen-bond donors (Lipinski definition) is 3. The van der Waals surface area contributed by atoms with E-state index in [2.05, 4.69) is 5.32 Å². The summed E-state index contributed by atoms with van der Waals surface area (Å²) in [5.41, 5.74) is 4.17. The predicted octanol–water partition coefficient (Wildman–Crippen LogP) is 0.110. The standard InChI is InChI=1S/C11H22N2O4/c1-4-5-11(2,10(15)16)13-9(14)6-8(7-12)17-3/h8H,4-7,12H2,1-3H3,(H,13,14)(H,15,16). The molecule has 0 aromatic rings. The zero-order chi connectivity index (χ0) is 13.5. The van der Waals surface area contributed by atoms with Crippen LogP contribution in [0.15, 0.2) is 0 Å². The molecule has 0 aliphatic heterocycles. The third-order valence-electron chi connectivity index (χ3n) is 2.65. The SMILES string of the molecule is CCCC(C)(NC(=O)CC(CN)OC)C(=O)O. The quantitative estimate of drug-likeness (QED) is 0.564. The van der Waals surface area contributed by atoms with E-state index < -0.39 is 11.5 Å². The van der Waals surface area contributed by atoms with Gasteiger partial charge in [0.25, 0.3) is 0 Å². The van der Waals surface area contributed by atoms with Gasteiger partial charge in [0.05, 0.1) is 12.5 Å². The number of carbonyl (C=O) groups excluding carboxylic acids is 1. The van der Waals surface area contributed by atoms with Gasteiger partial charge in [-0.3, -0.25) is 4.79 Å². The number of carboxylic acids is 1. The fourth-order valence-corrected chi connectivity index (χ4v) is 1.55. The highest BCUT2D eigenvalue weighted by Gasteiger charge is 2.34. The van der Waals surface area contributed by atoms with Gasteiger partial charge in [-0.2, -0.15) is 0 Å². The number of amides is 1. The third-order valence-corrected chi connectivity index (χ3v) is 2.65. The maximum absolute atomic E-state index is 11.7. The molecule has 0 spiro atoms. The molecular weight excluding hydrogens is 224 g/mol. The van der Waals surface area contributed by atoms with Crippen LogP contribution >= 0.6 is 0 Å². The Hall–Kier alpha value is -1.14. The van der Waals surface area contributed by atoms with E-state index >= 15 is 0 Å². The van der Waals surface area contributed by atoms with E-state index in [1.54, 1.807) is 0 Å². The Balaban J connectivity index is 4.46. The van der Waals surface area contributed by atoms with Crippen LogP contribution in [0.2, 0.25) is 0 Å². The van der Waals surface area contributed by atoms with Crippen molar-refractivity contribution in [1.29, 1.82) is 0 Å². The van der Waals surface area contributed by atoms with Gasteiger partial charge >= 0.3 is 5.97 Å². The number of nitrogens with one attached hydrogen (secondary N) is 1. The van der Waals surface area contributed by atoms with Crippen molar-refractivity contribution in [2.45, 2.75) is 44.8 Å². The Labute approximate surface area is 102 Å². The first kappa shape index (κ1) is 15.9. The fraction of sp³-hybridized carbons (Fsp3) is 0.818. The monoisotopic (exact) mass is 246 g/mol. The zero-order valence-corrected chi connectivity index (χ0v) is 10.7. The molecule has 100 valence electrons. The Morgan fingerprint density at radius 3 is 2.47 bits per heavy atom. The van der Waals surface area contributed by atoms with Gasteiger partial charge in [-0.25, -0.2) is 4.79 Å². The van der Waals surface area contributed by atoms with Crippen molar-refractivity contribution in [3.63, 3.8) is 0 Å². The van der Waals surface area contributed by atoms with Crippen molar-refractivity contribution < 1.29 is 19.4 Å². The van der Waals surface area contributed by atoms with E-state index in [4.69, 9.17) is 15.6 Å². The van der Waals surface area contributed by atoms with Gasteiger partial charge in [0.15, 0.2) is 0 Å². The number of rotatable bonds is 8. The number of methoxy groups -OCH3 is 1. The molecule has 0 heterocycles. The molecule has 17 heavy (non-hydrogen) atoms. The smallest absolute Gasteiger partial charge is 0.329 e. The summed E-state index contributed by atoms with van der Waals surface area (Å²) in [6.07, 6.45) is 0.747. The molecule has 2 atom stereocenters. The topological polar surface area (TPSA) is 102 Å². The molecule has 0 saturated carbocycles. The molecule has 0 aliphatic carbocycles. The van der Waals surface area contributed by atoms with Gasteiger partial charge in [-0.05, 0) is 13.3 Å². The highest BCUT2D eigenvalue weighted by Crippen LogP contribution is 2.13. The number of hydrogen-bond acceptors (Lipinski definition) is 4. The van der Waals surface area contributed by atoms with E-state index in [1.807, 2.05) is 6.92 Å². The van der Waals surface area contributed by atoms with Crippen LogP contribution in [0.25, 0.3) is 0 Å². The average molecular weight is 246 g/mol. The molecule has 6 heteroatoms. The lowest BCUT2D eigenvalue weighted by atomic mass is 9.96. The summed E-state index contributed by atoms with van der Waals surface area (Å²) < 4.78 is 4.97. The largest absolute Gasteiger partial charge is 0.480 e. The Kier molecular flexibility index (Phi) is 6.75. The van der Waals surface area contributed by atoms with Gasteiger partial charge in [0, 0.05) is 13.7 Å². The van der Waals surface area contributed by atoms with Crippen LogP contribution in [0.3, 0.4) is 0 Å². The molecule has 0 aromatic carbocycles. The summed E-state index contributed by atoms with van der Waals surface area (Å²) in [4.78, 5) is 22.8. The van der Waals surface area contributed by atoms with Gasteiger partial charge in [-0.15, -0.1) is 0 Å². The molecule has 0 saturated heterocycles. The second-order valence-corrected chi connectivity index (χ2v) is 4.23. The average Bonchev–Trinajstić information content (AvgIpc) is 2.25. The summed E-state index contributed by atoms with van der Waals surface area (Å²) in [7, 11) is 1.47. The lowest BCUT2D eigenvalue weighted by Gasteiger charge is -2.26. The fourth-order valence-electron chi connectivity index (χ4n) is 1.55. The molecule has 6 nitrogen and oxygen atoms in total. The maximum Gasteiger partial charge on any atom is 0.329 e. The van der Waals surface area contributed by atoms with Gasteiger partial charge < -0.3 is 20.9 Å². The zero-order valence-electron chi connectivity index (χ0n) is 10.7. The summed E-state index contributed by atoms with van der Waals surface area (Å²) >= 11 is 0. The Morgan fingerprint density at radius 2 is 2.12 bits per heavy atom. The second kappa shape index (κ2) is 7.24. The minimum Gasteiger partial charge on any atom is -0.480 e. The van der Waals surface area contributed by atoms with E-state index in [1.165, 1.54) is 14.0 Å². The minimum atomic E-state index is -1.22. The van der Waals surface area contributed by atoms with Crippen LogP contribution in [-0.4, -0.2) is 42.3 Å². The van der Waals surface area contributed by atoms with E-state index in [0.29, 0.717) is 12.8 Å². The lowest BCUT2D eigenvalue weighted by molar-refractivity contribution is -0.147. The van der Waals surface area contributed by atoms with E-state index in [-0.39, 0.29) is 25.0 Å². The Morgan fingerprint density at radius 1 is 1.53 bits per heavy atom. The molecule has 0 bridgehead atoms. The molecule has 1 amide bonds. The summed E-state index contributed by atoms with van der Waals surface area (Å²) in [5.74, 6) is -1.39. The third kappa shape index (κ3) is 5.14. The summed E-state index contributed by atoms with van der Waals surface area (Å²) in [6, 6.07) is 0. The van der Waals surface area contributed by atoms with Crippen LogP contribution in [0, 0.1) is 0 Å². The summed E-state index contributed by atoms with van der Waals surface area (Å²) in [6.45, 7) is 3.59. The highest BCUT2D eigenvalue weighted by molar-refractivity contribution is 5.86. The molecule has 4 N–H and O–H groups in total. The van der Waals surface area contributed by atoms with Crippen LogP contribution in [0.4, 0.5) is 0 Å². The number of nitrogens with two attached hydrogens (primary N) is 1. The van der Waals surface area contributed by atoms with Crippen molar-refractivity contribution >= 4 is 11.9 Å². The molecule has 0 aliphatic rings. The number of ether oxygens (including phenoxy) is 1. The van der Waals surface area contributed by atoms with E-state index in [0.717, 1.165) is 0 Å². The van der Waals surface area contributed by atoms with Crippen LogP contribution in [0.5, 0.6) is 0 Å². The van der Waals surface area contributed by atoms with E-state index in [9.17, 15) is 9.59 Å². The molecule has 0 radical (unpaired) electrons. The molecule has 0 fully saturated rings. The normalized spacial score (nSPS) is 16.0. The molecule has 0 rings (SSSR count). The first-order valence-electron chi connectivity index (χ1n) is 5.66. The highest BCUT2D eigenvalue weighted by atomic mass is 16.5. The number of carbonyl (C=O) groups is 2. The summed E-state index contributed by atoms with van der Waals surface area (Å²) in [5, 5.41) is 11.6. The minimum absolute atomic E-state index is 0.0690. The van der Waals surface area contributed by atoms with Gasteiger partial charge in [-0.1, -0.05) is 13.3 Å². The van der Waals surface area contributed by atoms with Crippen molar-refractivity contribution in [3.05, 3.63) is 0 Å². The van der Waals surface area contributed by atoms with Crippen molar-refractivity contribution in [2.75, 3.05) is 13.7 Å². The lowest BCUT2D eigenvalue weighted by Crippen LogP contribution is -2.52. The molecule has 0 aromatic heterocycles. The number of carboxylic acid groups (broad SMARTS) is 1. The van der Waals surface area contributed by atoms with Gasteiger partial charge in [0.2, 0.25) is 5.91 Å². The van der Waals surface area contributed by atoms with Crippen LogP contribution in [0.1, 0.15) is 33.1 Å². The maximum atomic E-state index is 11.7. The van der Waals surface area contributed by atoms with Crippen molar-refractivity contribution in [2.24, 2.45) is 5.73 Å². The van der Waals surface area contributed by atoms with Crippen molar-refractivity contribution in [3.8, 4) is 0 Å². The first-order chi connectivity index (χ1) is 7.89. The van der Waals surface area contributed by atoms with Crippen LogP contribution in [-0.2, 0) is 14.3 Å². The van der Waals surface area contributed by atoms with Crippen LogP contribution < -0.4 is 11.1 Å². The van der Waals surface area contributed by atoms with Crippen molar-refractivity contribution in [1.82, 2.24) is 5.32 Å². The second-order valence-electron chi connectivity index (χ2n) is 4.23. The molecular formula is C11H22N2O4. The Bertz CT molecular complexity index is 266.